The normalized spacial score (nSPS) is 26.7. The second-order valence-electron chi connectivity index (χ2n) is 7.12. The molecule has 3 rings (SSSR count). The van der Waals surface area contributed by atoms with Crippen molar-refractivity contribution in [2.75, 3.05) is 0 Å². The molecule has 4 nitrogen and oxygen atoms in total. The van der Waals surface area contributed by atoms with Crippen LogP contribution in [0.15, 0.2) is 42.5 Å². The van der Waals surface area contributed by atoms with Crippen LogP contribution in [-0.2, 0) is 6.54 Å². The fraction of sp³-hybridized carbons (Fsp3) is 0.500. The maximum Gasteiger partial charge on any atom is 0.137 e. The van der Waals surface area contributed by atoms with Crippen molar-refractivity contribution in [2.24, 2.45) is 11.8 Å². The third kappa shape index (κ3) is 3.96. The summed E-state index contributed by atoms with van der Waals surface area (Å²) < 4.78 is 1.75. The predicted molar refractivity (Wildman–Crippen MR) is 101 cm³/mol. The third-order valence-electron chi connectivity index (χ3n) is 5.54. The van der Waals surface area contributed by atoms with Gasteiger partial charge in [0.15, 0.2) is 0 Å². The Morgan fingerprint density at radius 2 is 2.16 bits per heavy atom. The van der Waals surface area contributed by atoms with Gasteiger partial charge in [0.25, 0.3) is 0 Å². The molecule has 0 saturated heterocycles. The molecule has 1 fully saturated rings. The Bertz CT molecular complexity index is 711. The van der Waals surface area contributed by atoms with Crippen LogP contribution in [0.5, 0.6) is 0 Å². The Morgan fingerprint density at radius 3 is 2.80 bits per heavy atom. The molecule has 0 radical (unpaired) electrons. The van der Waals surface area contributed by atoms with Crippen molar-refractivity contribution in [3.8, 4) is 0 Å². The lowest BCUT2D eigenvalue weighted by Gasteiger charge is -2.45. The summed E-state index contributed by atoms with van der Waals surface area (Å²) in [5.41, 5.74) is 1.25. The molecule has 1 saturated carbocycles. The Labute approximate surface area is 154 Å². The zero-order valence-corrected chi connectivity index (χ0v) is 15.7. The van der Waals surface area contributed by atoms with E-state index in [1.807, 2.05) is 24.3 Å². The van der Waals surface area contributed by atoms with E-state index in [4.69, 9.17) is 11.6 Å². The lowest BCUT2D eigenvalue weighted by Crippen LogP contribution is -2.49. The van der Waals surface area contributed by atoms with Crippen LogP contribution in [-0.4, -0.2) is 25.5 Å². The number of hydrogen-bond donors (Lipinski definition) is 1. The summed E-state index contributed by atoms with van der Waals surface area (Å²) >= 11 is 6.00. The van der Waals surface area contributed by atoms with E-state index in [0.717, 1.165) is 41.8 Å². The van der Waals surface area contributed by atoms with Crippen molar-refractivity contribution >= 4 is 17.7 Å². The molecule has 0 bridgehead atoms. The van der Waals surface area contributed by atoms with Gasteiger partial charge in [0.2, 0.25) is 0 Å². The highest BCUT2D eigenvalue weighted by Gasteiger charge is 2.45. The fourth-order valence-corrected chi connectivity index (χ4v) is 4.11. The van der Waals surface area contributed by atoms with E-state index in [9.17, 15) is 5.11 Å². The first-order chi connectivity index (χ1) is 12.0. The number of aliphatic hydroxyl groups is 1. The fourth-order valence-electron chi connectivity index (χ4n) is 3.98. The van der Waals surface area contributed by atoms with Gasteiger partial charge in [-0.05, 0) is 54.4 Å². The maximum atomic E-state index is 11.8. The average molecular weight is 360 g/mol. The number of rotatable bonds is 5. The van der Waals surface area contributed by atoms with Gasteiger partial charge in [0.1, 0.15) is 18.3 Å². The number of hydrogen-bond acceptors (Lipinski definition) is 3. The van der Waals surface area contributed by atoms with Crippen molar-refractivity contribution in [3.05, 3.63) is 53.1 Å². The lowest BCUT2D eigenvalue weighted by atomic mass is 9.66. The number of nitrogens with zero attached hydrogens (tertiary/aromatic N) is 3. The maximum absolute atomic E-state index is 11.8. The summed E-state index contributed by atoms with van der Waals surface area (Å²) in [6.45, 7) is 4.88. The molecule has 1 aliphatic rings. The quantitative estimate of drug-likeness (QED) is 0.849. The van der Waals surface area contributed by atoms with E-state index in [0.29, 0.717) is 12.5 Å². The Morgan fingerprint density at radius 1 is 1.40 bits per heavy atom. The highest BCUT2D eigenvalue weighted by atomic mass is 35.5. The Kier molecular flexibility index (Phi) is 5.60. The van der Waals surface area contributed by atoms with E-state index in [1.165, 1.54) is 6.33 Å². The lowest BCUT2D eigenvalue weighted by molar-refractivity contribution is -0.0424. The molecular formula is C20H26ClN3O. The van der Waals surface area contributed by atoms with E-state index >= 15 is 0 Å². The molecule has 0 amide bonds. The minimum Gasteiger partial charge on any atom is -0.383 e. The Hall–Kier alpha value is -1.65. The summed E-state index contributed by atoms with van der Waals surface area (Å²) in [4.78, 5) is 4.03. The second-order valence-corrected chi connectivity index (χ2v) is 7.56. The largest absolute Gasteiger partial charge is 0.383 e. The first-order valence-corrected chi connectivity index (χ1v) is 9.42. The van der Waals surface area contributed by atoms with Gasteiger partial charge in [0, 0.05) is 5.02 Å². The highest BCUT2D eigenvalue weighted by molar-refractivity contribution is 6.30. The van der Waals surface area contributed by atoms with Crippen LogP contribution in [0.4, 0.5) is 0 Å². The zero-order valence-electron chi connectivity index (χ0n) is 14.9. The van der Waals surface area contributed by atoms with Crippen LogP contribution in [0.3, 0.4) is 0 Å². The van der Waals surface area contributed by atoms with Crippen molar-refractivity contribution in [1.29, 1.82) is 0 Å². The van der Waals surface area contributed by atoms with E-state index in [-0.39, 0.29) is 5.92 Å². The molecule has 5 heteroatoms. The standard InChI is InChI=1S/C20H26ClN3O/c1-3-15(2)19-6-4-5-17(11-16-7-9-18(21)10-8-16)20(19,25)12-24-14-22-13-23-24/h7-11,13-15,19,25H,3-6,12H2,1-2H3. The van der Waals surface area contributed by atoms with Crippen LogP contribution in [0, 0.1) is 11.8 Å². The van der Waals surface area contributed by atoms with Gasteiger partial charge >= 0.3 is 0 Å². The minimum absolute atomic E-state index is 0.217. The molecule has 2 aromatic rings. The molecule has 1 aromatic heterocycles. The molecular weight excluding hydrogens is 334 g/mol. The monoisotopic (exact) mass is 359 g/mol. The van der Waals surface area contributed by atoms with Gasteiger partial charge in [-0.15, -0.1) is 0 Å². The van der Waals surface area contributed by atoms with Crippen LogP contribution in [0.1, 0.15) is 45.1 Å². The molecule has 3 atom stereocenters. The summed E-state index contributed by atoms with van der Waals surface area (Å²) in [6.07, 6.45) is 9.43. The van der Waals surface area contributed by atoms with E-state index < -0.39 is 5.60 Å². The van der Waals surface area contributed by atoms with Gasteiger partial charge in [-0.2, -0.15) is 5.10 Å². The average Bonchev–Trinajstić information content (AvgIpc) is 3.10. The Balaban J connectivity index is 1.99. The molecule has 134 valence electrons. The molecule has 1 aliphatic carbocycles. The summed E-state index contributed by atoms with van der Waals surface area (Å²) in [7, 11) is 0. The second kappa shape index (κ2) is 7.71. The van der Waals surface area contributed by atoms with Crippen LogP contribution < -0.4 is 0 Å². The summed E-state index contributed by atoms with van der Waals surface area (Å²) in [5, 5.41) is 16.7. The van der Waals surface area contributed by atoms with Crippen LogP contribution in [0.25, 0.3) is 6.08 Å². The smallest absolute Gasteiger partial charge is 0.137 e. The van der Waals surface area contributed by atoms with Gasteiger partial charge in [-0.1, -0.05) is 50.1 Å². The topological polar surface area (TPSA) is 50.9 Å². The van der Waals surface area contributed by atoms with Gasteiger partial charge in [0.05, 0.1) is 6.54 Å². The van der Waals surface area contributed by atoms with Crippen molar-refractivity contribution in [3.63, 3.8) is 0 Å². The molecule has 3 unspecified atom stereocenters. The zero-order chi connectivity index (χ0) is 17.9. The molecule has 1 heterocycles. The molecule has 0 spiro atoms. The minimum atomic E-state index is -0.902. The van der Waals surface area contributed by atoms with Gasteiger partial charge in [-0.3, -0.25) is 0 Å². The first kappa shape index (κ1) is 18.2. The summed E-state index contributed by atoms with van der Waals surface area (Å²) in [6, 6.07) is 7.77. The van der Waals surface area contributed by atoms with Crippen molar-refractivity contribution in [2.45, 2.75) is 51.7 Å². The highest BCUT2D eigenvalue weighted by Crippen LogP contribution is 2.44. The van der Waals surface area contributed by atoms with E-state index in [1.54, 1.807) is 11.0 Å². The van der Waals surface area contributed by atoms with Gasteiger partial charge in [-0.25, -0.2) is 9.67 Å². The summed E-state index contributed by atoms with van der Waals surface area (Å²) in [5.74, 6) is 0.663. The first-order valence-electron chi connectivity index (χ1n) is 9.04. The number of benzene rings is 1. The van der Waals surface area contributed by atoms with Crippen LogP contribution in [0.2, 0.25) is 5.02 Å². The van der Waals surface area contributed by atoms with Gasteiger partial charge < -0.3 is 5.11 Å². The predicted octanol–water partition coefficient (Wildman–Crippen LogP) is 4.59. The molecule has 0 aliphatic heterocycles. The van der Waals surface area contributed by atoms with Crippen molar-refractivity contribution < 1.29 is 5.11 Å². The third-order valence-corrected chi connectivity index (χ3v) is 5.79. The van der Waals surface area contributed by atoms with Crippen LogP contribution >= 0.6 is 11.6 Å². The molecule has 1 aromatic carbocycles. The molecule has 1 N–H and O–H groups in total. The SMILES string of the molecule is CCC(C)C1CCCC(=Cc2ccc(Cl)cc2)C1(O)Cn1cncn1. The van der Waals surface area contributed by atoms with E-state index in [2.05, 4.69) is 30.0 Å². The van der Waals surface area contributed by atoms with Crippen molar-refractivity contribution in [1.82, 2.24) is 14.8 Å². The molecule has 25 heavy (non-hydrogen) atoms. The number of halogens is 1. The number of aromatic nitrogens is 3.